The maximum Gasteiger partial charge on any atom is 0.270 e. The van der Waals surface area contributed by atoms with Crippen LogP contribution < -0.4 is 10.5 Å². The summed E-state index contributed by atoms with van der Waals surface area (Å²) >= 11 is 6.47. The van der Waals surface area contributed by atoms with Crippen molar-refractivity contribution in [2.75, 3.05) is 25.0 Å². The van der Waals surface area contributed by atoms with Crippen molar-refractivity contribution >= 4 is 46.1 Å². The summed E-state index contributed by atoms with van der Waals surface area (Å²) in [6, 6.07) is 2.05. The van der Waals surface area contributed by atoms with Gasteiger partial charge in [-0.2, -0.15) is 5.26 Å². The molecule has 3 heterocycles. The fraction of sp³-hybridized carbons (Fsp3) is 0.500. The first kappa shape index (κ1) is 21.6. The van der Waals surface area contributed by atoms with Crippen molar-refractivity contribution in [2.45, 2.75) is 46.4 Å². The fourth-order valence-corrected chi connectivity index (χ4v) is 4.97. The van der Waals surface area contributed by atoms with Crippen LogP contribution in [0.2, 0.25) is 0 Å². The number of hydrogen-bond donors (Lipinski definition) is 0. The minimum Gasteiger partial charge on any atom is -0.372 e. The molecule has 0 radical (unpaired) electrons. The van der Waals surface area contributed by atoms with E-state index < -0.39 is 0 Å². The Morgan fingerprint density at radius 3 is 2.41 bits per heavy atom. The van der Waals surface area contributed by atoms with Gasteiger partial charge in [0.2, 0.25) is 0 Å². The van der Waals surface area contributed by atoms with Crippen LogP contribution in [0.5, 0.6) is 0 Å². The van der Waals surface area contributed by atoms with Crippen LogP contribution in [0.25, 0.3) is 6.08 Å². The molecule has 7 nitrogen and oxygen atoms in total. The van der Waals surface area contributed by atoms with Crippen molar-refractivity contribution < 1.29 is 9.53 Å². The van der Waals surface area contributed by atoms with E-state index in [1.807, 2.05) is 26.8 Å². The molecular formula is C20H24N4O3S2. The highest BCUT2D eigenvalue weighted by Crippen LogP contribution is 2.35. The number of amides is 1. The normalized spacial score (nSPS) is 23.8. The van der Waals surface area contributed by atoms with Gasteiger partial charge in [-0.05, 0) is 39.3 Å². The highest BCUT2D eigenvalue weighted by molar-refractivity contribution is 8.26. The molecule has 3 rings (SSSR count). The number of morpholine rings is 1. The molecule has 2 atom stereocenters. The molecule has 9 heteroatoms. The van der Waals surface area contributed by atoms with Crippen LogP contribution in [0.1, 0.15) is 37.5 Å². The van der Waals surface area contributed by atoms with Crippen LogP contribution in [-0.4, -0.2) is 52.0 Å². The van der Waals surface area contributed by atoms with E-state index in [1.165, 1.54) is 16.7 Å². The highest BCUT2D eigenvalue weighted by Gasteiger charge is 2.32. The van der Waals surface area contributed by atoms with Crippen molar-refractivity contribution in [3.63, 3.8) is 0 Å². The number of anilines is 1. The number of nitrogens with zero attached hydrogens (tertiary/aromatic N) is 4. The highest BCUT2D eigenvalue weighted by atomic mass is 32.2. The molecule has 2 unspecified atom stereocenters. The zero-order chi connectivity index (χ0) is 21.5. The third-order valence-electron chi connectivity index (χ3n) is 5.14. The van der Waals surface area contributed by atoms with Gasteiger partial charge in [0.1, 0.15) is 21.8 Å². The van der Waals surface area contributed by atoms with Crippen molar-refractivity contribution in [2.24, 2.45) is 0 Å². The van der Waals surface area contributed by atoms with E-state index in [0.717, 1.165) is 5.82 Å². The summed E-state index contributed by atoms with van der Waals surface area (Å²) in [5, 5.41) is 9.61. The molecule has 2 fully saturated rings. The smallest absolute Gasteiger partial charge is 0.270 e. The van der Waals surface area contributed by atoms with Gasteiger partial charge in [0, 0.05) is 32.2 Å². The third-order valence-corrected chi connectivity index (χ3v) is 6.63. The third kappa shape index (κ3) is 3.84. The van der Waals surface area contributed by atoms with Gasteiger partial charge in [-0.3, -0.25) is 19.1 Å². The average molecular weight is 433 g/mol. The summed E-state index contributed by atoms with van der Waals surface area (Å²) in [7, 11) is 1.64. The Balaban J connectivity index is 2.29. The van der Waals surface area contributed by atoms with Crippen molar-refractivity contribution in [3.05, 3.63) is 31.9 Å². The Bertz CT molecular complexity index is 998. The van der Waals surface area contributed by atoms with Gasteiger partial charge >= 0.3 is 0 Å². The number of thioether (sulfide) groups is 1. The lowest BCUT2D eigenvalue weighted by atomic mass is 10.0. The van der Waals surface area contributed by atoms with E-state index in [0.29, 0.717) is 40.0 Å². The average Bonchev–Trinajstić information content (AvgIpc) is 2.90. The van der Waals surface area contributed by atoms with Crippen LogP contribution in [-0.2, 0) is 16.1 Å². The second kappa shape index (κ2) is 8.30. The van der Waals surface area contributed by atoms with E-state index in [2.05, 4.69) is 4.90 Å². The first-order chi connectivity index (χ1) is 13.7. The molecule has 0 bridgehead atoms. The molecule has 1 amide bonds. The number of pyridine rings is 1. The van der Waals surface area contributed by atoms with E-state index in [-0.39, 0.29) is 29.2 Å². The van der Waals surface area contributed by atoms with Gasteiger partial charge in [-0.1, -0.05) is 24.0 Å². The summed E-state index contributed by atoms with van der Waals surface area (Å²) in [5.41, 5.74) is 1.07. The molecule has 29 heavy (non-hydrogen) atoms. The number of hydrogen-bond acceptors (Lipinski definition) is 7. The van der Waals surface area contributed by atoms with Crippen LogP contribution in [0.3, 0.4) is 0 Å². The minimum atomic E-state index is -0.311. The molecule has 1 aromatic heterocycles. The van der Waals surface area contributed by atoms with Gasteiger partial charge in [0.15, 0.2) is 0 Å². The van der Waals surface area contributed by atoms with E-state index in [9.17, 15) is 14.9 Å². The van der Waals surface area contributed by atoms with E-state index in [4.69, 9.17) is 17.0 Å². The fourth-order valence-electron chi connectivity index (χ4n) is 3.81. The van der Waals surface area contributed by atoms with Gasteiger partial charge < -0.3 is 9.64 Å². The number of aromatic nitrogens is 1. The van der Waals surface area contributed by atoms with Gasteiger partial charge in [0.25, 0.3) is 11.5 Å². The van der Waals surface area contributed by atoms with Crippen LogP contribution >= 0.6 is 24.0 Å². The zero-order valence-corrected chi connectivity index (χ0v) is 18.8. The summed E-state index contributed by atoms with van der Waals surface area (Å²) in [4.78, 5) is 29.6. The Labute approximate surface area is 179 Å². The predicted octanol–water partition coefficient (Wildman–Crippen LogP) is 2.49. The predicted molar refractivity (Wildman–Crippen MR) is 119 cm³/mol. The van der Waals surface area contributed by atoms with Crippen LogP contribution in [0, 0.1) is 18.3 Å². The van der Waals surface area contributed by atoms with Gasteiger partial charge in [-0.15, -0.1) is 0 Å². The first-order valence-corrected chi connectivity index (χ1v) is 10.7. The molecule has 2 aliphatic rings. The number of carbonyl (C=O) groups excluding carboxylic acids is 1. The molecule has 2 aliphatic heterocycles. The first-order valence-electron chi connectivity index (χ1n) is 9.49. The molecule has 1 aromatic rings. The summed E-state index contributed by atoms with van der Waals surface area (Å²) in [6.45, 7) is 9.28. The summed E-state index contributed by atoms with van der Waals surface area (Å²) in [6.07, 6.45) is 1.76. The Hall–Kier alpha value is -2.15. The zero-order valence-electron chi connectivity index (χ0n) is 17.2. The number of thiocarbonyl (C=S) groups is 1. The molecule has 154 valence electrons. The lowest BCUT2D eigenvalue weighted by molar-refractivity contribution is -0.121. The molecular weight excluding hydrogens is 408 g/mol. The second-order valence-electron chi connectivity index (χ2n) is 7.30. The van der Waals surface area contributed by atoms with E-state index in [1.54, 1.807) is 24.6 Å². The Morgan fingerprint density at radius 1 is 1.31 bits per heavy atom. The number of ether oxygens (including phenoxy) is 1. The van der Waals surface area contributed by atoms with Gasteiger partial charge in [-0.25, -0.2) is 0 Å². The molecule has 0 N–H and O–H groups in total. The molecule has 0 aliphatic carbocycles. The molecule has 0 spiro atoms. The van der Waals surface area contributed by atoms with Crippen molar-refractivity contribution in [1.29, 1.82) is 5.26 Å². The Morgan fingerprint density at radius 2 is 1.93 bits per heavy atom. The SMILES string of the molecule is CCn1c(N2CC(C)OC(C)C2)c(C=C2SC(=S)N(C)C2=O)c(C)c(C#N)c1=O. The number of likely N-dealkylation sites (N-methyl/N-ethyl adjacent to an activating group) is 1. The summed E-state index contributed by atoms with van der Waals surface area (Å²) < 4.78 is 7.96. The minimum absolute atomic E-state index is 0.00295. The second-order valence-corrected chi connectivity index (χ2v) is 8.98. The van der Waals surface area contributed by atoms with Crippen LogP contribution in [0.4, 0.5) is 5.82 Å². The number of carbonyl (C=O) groups is 1. The van der Waals surface area contributed by atoms with E-state index >= 15 is 0 Å². The number of rotatable bonds is 3. The maximum absolute atomic E-state index is 13.0. The quantitative estimate of drug-likeness (QED) is 0.536. The summed E-state index contributed by atoms with van der Waals surface area (Å²) in [5.74, 6) is 0.541. The standard InChI is InChI=1S/C20H24N4O3S2/c1-6-24-17(23-9-11(2)27-12(3)10-23)14(13(4)15(8-21)18(24)25)7-16-19(26)22(5)20(28)29-16/h7,11-12H,6,9-10H2,1-5H3. The largest absolute Gasteiger partial charge is 0.372 e. The number of nitriles is 1. The molecule has 0 saturated carbocycles. The van der Waals surface area contributed by atoms with Crippen molar-refractivity contribution in [1.82, 2.24) is 9.47 Å². The lowest BCUT2D eigenvalue weighted by Crippen LogP contribution is -2.48. The lowest BCUT2D eigenvalue weighted by Gasteiger charge is -2.39. The molecule has 0 aromatic carbocycles. The van der Waals surface area contributed by atoms with Gasteiger partial charge in [0.05, 0.1) is 17.1 Å². The Kier molecular flexibility index (Phi) is 6.17. The molecule has 2 saturated heterocycles. The monoisotopic (exact) mass is 432 g/mol. The maximum atomic E-state index is 13.0. The van der Waals surface area contributed by atoms with Crippen LogP contribution in [0.15, 0.2) is 9.70 Å². The topological polar surface area (TPSA) is 78.6 Å². The van der Waals surface area contributed by atoms with Crippen molar-refractivity contribution in [3.8, 4) is 6.07 Å².